The van der Waals surface area contributed by atoms with Crippen molar-refractivity contribution in [3.63, 3.8) is 0 Å². The molecule has 4 heavy (non-hydrogen) atoms. The average Bonchev–Trinajstić information content (AvgIpc) is 1.50. The molecule has 0 amide bonds. The monoisotopic (exact) mass is 319 g/mol. The van der Waals surface area contributed by atoms with Crippen molar-refractivity contribution in [2.75, 3.05) is 0 Å². The van der Waals surface area contributed by atoms with Gasteiger partial charge in [-0.2, -0.15) is 0 Å². The molecular weight excluding hydrogens is 319 g/mol. The van der Waals surface area contributed by atoms with Gasteiger partial charge >= 0.3 is 59.0 Å². The summed E-state index contributed by atoms with van der Waals surface area (Å²) in [5, 5.41) is 0. The van der Waals surface area contributed by atoms with Crippen LogP contribution in [0.15, 0.2) is 0 Å². The first-order valence-electron chi connectivity index (χ1n) is 0.358. The molecule has 0 aromatic rings. The first-order chi connectivity index (χ1) is 2.00. The molecule has 0 aromatic carbocycles. The van der Waals surface area contributed by atoms with Crippen LogP contribution in [0.25, 0.3) is 0 Å². The zero-order valence-electron chi connectivity index (χ0n) is 1.69. The average molecular weight is 319 g/mol. The second kappa shape index (κ2) is 25.3. The molecule has 0 aliphatic rings. The maximum absolute atomic E-state index is 8.42. The zero-order chi connectivity index (χ0) is 4.00. The van der Waals surface area contributed by atoms with Gasteiger partial charge in [-0.25, -0.2) is 0 Å². The zero-order valence-corrected chi connectivity index (χ0v) is 6.98. The van der Waals surface area contributed by atoms with Gasteiger partial charge in [0.1, 0.15) is 0 Å². The van der Waals surface area contributed by atoms with E-state index in [0.29, 0.717) is 0 Å². The van der Waals surface area contributed by atoms with Crippen LogP contribution >= 0.6 is 0 Å². The summed E-state index contributed by atoms with van der Waals surface area (Å²) in [6.45, 7) is 0. The number of hydrogen-bond donors (Lipinski definition) is 0. The molecule has 0 fully saturated rings. The predicted molar refractivity (Wildman–Crippen MR) is 1.37 cm³/mol. The Morgan fingerprint density at radius 2 is 1.25 bits per heavy atom. The summed E-state index contributed by atoms with van der Waals surface area (Å²) >= 11 is 1.60. The Kier molecular flexibility index (Phi) is 57.3. The van der Waals surface area contributed by atoms with E-state index in [-0.39, 0.29) is 38.0 Å². The molecule has 2 nitrogen and oxygen atoms in total. The molecule has 0 spiro atoms. The normalized spacial score (nSPS) is 2.50. The summed E-state index contributed by atoms with van der Waals surface area (Å²) in [5.41, 5.74) is 0. The van der Waals surface area contributed by atoms with Crippen molar-refractivity contribution in [1.29, 1.82) is 0 Å². The fourth-order valence-corrected chi connectivity index (χ4v) is 0. The van der Waals surface area contributed by atoms with E-state index in [9.17, 15) is 0 Å². The second-order valence-corrected chi connectivity index (χ2v) is 0. The molecule has 4 heteroatoms. The van der Waals surface area contributed by atoms with Gasteiger partial charge in [0.2, 0.25) is 0 Å². The molecule has 0 heterocycles. The van der Waals surface area contributed by atoms with Crippen LogP contribution in [0.2, 0.25) is 0 Å². The molecule has 0 rings (SSSR count). The summed E-state index contributed by atoms with van der Waals surface area (Å²) in [6.07, 6.45) is 0. The first kappa shape index (κ1) is 9.06. The van der Waals surface area contributed by atoms with E-state index >= 15 is 0 Å². The molecular formula is MnO2Th. The summed E-state index contributed by atoms with van der Waals surface area (Å²) in [5.74, 6) is 0. The molecule has 23 valence electrons. The van der Waals surface area contributed by atoms with Crippen molar-refractivity contribution in [2.24, 2.45) is 0 Å². The predicted octanol–water partition coefficient (Wildman–Crippen LogP) is -0.240. The van der Waals surface area contributed by atoms with Gasteiger partial charge in [0, 0.05) is 0 Å². The van der Waals surface area contributed by atoms with E-state index in [1.54, 1.807) is 15.9 Å². The van der Waals surface area contributed by atoms with Gasteiger partial charge in [-0.15, -0.1) is 0 Å². The van der Waals surface area contributed by atoms with Crippen LogP contribution in [0.4, 0.5) is 0 Å². The Morgan fingerprint density at radius 3 is 1.25 bits per heavy atom. The van der Waals surface area contributed by atoms with Gasteiger partial charge in [0.05, 0.1) is 0 Å². The number of hydrogen-bond acceptors (Lipinski definition) is 2. The molecule has 0 unspecified atom stereocenters. The van der Waals surface area contributed by atoms with Crippen LogP contribution < -0.4 is 0 Å². The molecule has 0 aliphatic heterocycles. The van der Waals surface area contributed by atoms with Crippen LogP contribution in [0.5, 0.6) is 0 Å². The fourth-order valence-electron chi connectivity index (χ4n) is 0. The van der Waals surface area contributed by atoms with E-state index in [1.807, 2.05) is 0 Å². The molecule has 0 saturated carbocycles. The van der Waals surface area contributed by atoms with Crippen molar-refractivity contribution in [1.82, 2.24) is 0 Å². The molecule has 0 N–H and O–H groups in total. The molecule has 0 saturated heterocycles. The van der Waals surface area contributed by atoms with E-state index < -0.39 is 0 Å². The summed E-state index contributed by atoms with van der Waals surface area (Å²) in [7, 11) is 0. The quantitative estimate of drug-likeness (QED) is 0.578. The summed E-state index contributed by atoms with van der Waals surface area (Å²) in [6, 6.07) is 0. The van der Waals surface area contributed by atoms with Gasteiger partial charge in [0.25, 0.3) is 0 Å². The molecule has 0 aromatic heterocycles. The van der Waals surface area contributed by atoms with E-state index in [1.165, 1.54) is 0 Å². The third-order valence-electron chi connectivity index (χ3n) is 0. The van der Waals surface area contributed by atoms with Gasteiger partial charge in [-0.1, -0.05) is 0 Å². The van der Waals surface area contributed by atoms with Crippen molar-refractivity contribution >= 4 is 0 Å². The third kappa shape index (κ3) is 9.87. The van der Waals surface area contributed by atoms with Crippen LogP contribution in [0, 0.1) is 38.0 Å². The minimum absolute atomic E-state index is 0.0918. The summed E-state index contributed by atoms with van der Waals surface area (Å²) in [4.78, 5) is 0. The topological polar surface area (TPSA) is 34.1 Å². The molecule has 0 bridgehead atoms. The fraction of sp³-hybridized carbons (Fsp3) is 0. The van der Waals surface area contributed by atoms with Crippen molar-refractivity contribution in [2.45, 2.75) is 0 Å². The van der Waals surface area contributed by atoms with Gasteiger partial charge in [0.15, 0.2) is 0 Å². The van der Waals surface area contributed by atoms with Crippen molar-refractivity contribution < 1.29 is 59.0 Å². The Balaban J connectivity index is 0. The molecule has 0 atom stereocenters. The number of rotatable bonds is 0. The van der Waals surface area contributed by atoms with E-state index in [0.717, 1.165) is 0 Å². The van der Waals surface area contributed by atoms with Gasteiger partial charge < -0.3 is 0 Å². The Hall–Kier alpha value is 1.44. The molecule has 0 aliphatic carbocycles. The Morgan fingerprint density at radius 1 is 1.25 bits per heavy atom. The van der Waals surface area contributed by atoms with Crippen LogP contribution in [-0.4, -0.2) is 0 Å². The van der Waals surface area contributed by atoms with Crippen molar-refractivity contribution in [3.05, 3.63) is 0 Å². The van der Waals surface area contributed by atoms with Crippen LogP contribution in [-0.2, 0) is 20.9 Å². The second-order valence-electron chi connectivity index (χ2n) is 0. The first-order valence-corrected chi connectivity index (χ1v) is 2.52. The molecule has 0 radical (unpaired) electrons. The standard InChI is InChI=1S/Mn.2O.Th. The van der Waals surface area contributed by atoms with E-state index in [4.69, 9.17) is 5.00 Å². The van der Waals surface area contributed by atoms with E-state index in [2.05, 4.69) is 0 Å². The third-order valence-corrected chi connectivity index (χ3v) is 0. The van der Waals surface area contributed by atoms with Crippen LogP contribution in [0.3, 0.4) is 0 Å². The Bertz CT molecular complexity index is 8.00. The van der Waals surface area contributed by atoms with Gasteiger partial charge in [-0.3, -0.25) is 0 Å². The Labute approximate surface area is 58.1 Å². The van der Waals surface area contributed by atoms with Gasteiger partial charge in [-0.05, 0) is 0 Å². The van der Waals surface area contributed by atoms with Crippen LogP contribution in [0.1, 0.15) is 0 Å². The maximum atomic E-state index is 8.42. The van der Waals surface area contributed by atoms with Crippen molar-refractivity contribution in [3.8, 4) is 0 Å². The summed E-state index contributed by atoms with van der Waals surface area (Å²) < 4.78 is 16.5. The SMILES string of the molecule is [O]=[Mn].[O]=[Th]. The minimum atomic E-state index is -0.0918.